The summed E-state index contributed by atoms with van der Waals surface area (Å²) in [6.07, 6.45) is 2.71. The van der Waals surface area contributed by atoms with E-state index in [-0.39, 0.29) is 24.1 Å². The molecule has 0 saturated carbocycles. The number of amides is 1. The Morgan fingerprint density at radius 2 is 2.04 bits per heavy atom. The molecule has 1 fully saturated rings. The van der Waals surface area contributed by atoms with Crippen LogP contribution in [0.5, 0.6) is 0 Å². The molecule has 2 aromatic rings. The van der Waals surface area contributed by atoms with E-state index in [4.69, 9.17) is 4.52 Å². The van der Waals surface area contributed by atoms with Crippen molar-refractivity contribution in [1.29, 1.82) is 0 Å². The fourth-order valence-electron chi connectivity index (χ4n) is 2.72. The predicted molar refractivity (Wildman–Crippen MR) is 93.9 cm³/mol. The van der Waals surface area contributed by atoms with Gasteiger partial charge in [0.1, 0.15) is 5.82 Å². The van der Waals surface area contributed by atoms with E-state index in [1.165, 1.54) is 12.1 Å². The van der Waals surface area contributed by atoms with Gasteiger partial charge in [0.25, 0.3) is 0 Å². The number of benzene rings is 1. The van der Waals surface area contributed by atoms with Crippen LogP contribution in [0, 0.1) is 5.82 Å². The summed E-state index contributed by atoms with van der Waals surface area (Å²) in [6.45, 7) is 3.42. The summed E-state index contributed by atoms with van der Waals surface area (Å²) in [6, 6.07) is 5.95. The van der Waals surface area contributed by atoms with Gasteiger partial charge in [0.2, 0.25) is 17.6 Å². The fraction of sp³-hybridized carbons (Fsp3) is 0.471. The standard InChI is InChI=1S/C17H21FN4O2.ClH/c18-14-7-5-13(6-8-14)17-20-15(24-21-17)3-1-4-16(23)22-11-2-9-19-10-12-22;/h5-8,19H,1-4,9-12H2;1H. The lowest BCUT2D eigenvalue weighted by Gasteiger charge is -2.19. The Balaban J connectivity index is 0.00000225. The third-order valence-electron chi connectivity index (χ3n) is 4.04. The van der Waals surface area contributed by atoms with E-state index in [9.17, 15) is 9.18 Å². The molecule has 0 bridgehead atoms. The maximum Gasteiger partial charge on any atom is 0.226 e. The van der Waals surface area contributed by atoms with E-state index in [0.29, 0.717) is 36.5 Å². The number of aryl methyl sites for hydroxylation is 1. The molecule has 1 aliphatic rings. The molecule has 8 heteroatoms. The number of nitrogens with one attached hydrogen (secondary N) is 1. The summed E-state index contributed by atoms with van der Waals surface area (Å²) in [5.74, 6) is 0.816. The monoisotopic (exact) mass is 368 g/mol. The summed E-state index contributed by atoms with van der Waals surface area (Å²) < 4.78 is 18.1. The molecule has 6 nitrogen and oxygen atoms in total. The molecule has 0 aliphatic carbocycles. The van der Waals surface area contributed by atoms with Crippen LogP contribution >= 0.6 is 12.4 Å². The predicted octanol–water partition coefficient (Wildman–Crippen LogP) is 2.44. The normalized spacial score (nSPS) is 14.7. The van der Waals surface area contributed by atoms with E-state index < -0.39 is 0 Å². The Morgan fingerprint density at radius 3 is 2.84 bits per heavy atom. The second-order valence-electron chi connectivity index (χ2n) is 5.86. The average molecular weight is 369 g/mol. The van der Waals surface area contributed by atoms with Crippen molar-refractivity contribution in [2.45, 2.75) is 25.7 Å². The van der Waals surface area contributed by atoms with Gasteiger partial charge in [-0.3, -0.25) is 4.79 Å². The van der Waals surface area contributed by atoms with Crippen LogP contribution in [-0.4, -0.2) is 47.1 Å². The Bertz CT molecular complexity index is 670. The van der Waals surface area contributed by atoms with Gasteiger partial charge in [-0.1, -0.05) is 5.16 Å². The molecule has 0 spiro atoms. The minimum atomic E-state index is -0.301. The van der Waals surface area contributed by atoms with Crippen molar-refractivity contribution in [1.82, 2.24) is 20.4 Å². The molecule has 1 aliphatic heterocycles. The summed E-state index contributed by atoms with van der Waals surface area (Å²) in [5, 5.41) is 7.19. The zero-order valence-electron chi connectivity index (χ0n) is 13.9. The van der Waals surface area contributed by atoms with E-state index in [2.05, 4.69) is 15.5 Å². The van der Waals surface area contributed by atoms with Crippen molar-refractivity contribution >= 4 is 18.3 Å². The molecule has 1 aromatic carbocycles. The third-order valence-corrected chi connectivity index (χ3v) is 4.04. The lowest BCUT2D eigenvalue weighted by Crippen LogP contribution is -2.34. The number of hydrogen-bond acceptors (Lipinski definition) is 5. The van der Waals surface area contributed by atoms with Crippen LogP contribution in [0.25, 0.3) is 11.4 Å². The maximum atomic E-state index is 12.9. The molecule has 25 heavy (non-hydrogen) atoms. The summed E-state index contributed by atoms with van der Waals surface area (Å²) in [5.41, 5.74) is 0.708. The first-order chi connectivity index (χ1) is 11.7. The molecular formula is C17H22ClFN4O2. The Morgan fingerprint density at radius 1 is 1.24 bits per heavy atom. The highest BCUT2D eigenvalue weighted by Crippen LogP contribution is 2.17. The van der Waals surface area contributed by atoms with Gasteiger partial charge in [0, 0.05) is 38.0 Å². The van der Waals surface area contributed by atoms with Crippen molar-refractivity contribution in [3.8, 4) is 11.4 Å². The van der Waals surface area contributed by atoms with Crippen LogP contribution in [0.3, 0.4) is 0 Å². The zero-order valence-corrected chi connectivity index (χ0v) is 14.7. The van der Waals surface area contributed by atoms with E-state index in [0.717, 1.165) is 32.6 Å². The molecule has 1 aromatic heterocycles. The lowest BCUT2D eigenvalue weighted by atomic mass is 10.2. The summed E-state index contributed by atoms with van der Waals surface area (Å²) >= 11 is 0. The Hall–Kier alpha value is -1.99. The molecule has 0 radical (unpaired) electrons. The molecule has 3 rings (SSSR count). The van der Waals surface area contributed by atoms with Gasteiger partial charge < -0.3 is 14.7 Å². The molecule has 0 atom stereocenters. The van der Waals surface area contributed by atoms with Gasteiger partial charge >= 0.3 is 0 Å². The molecule has 136 valence electrons. The SMILES string of the molecule is Cl.O=C(CCCc1nc(-c2ccc(F)cc2)no1)N1CCCNCC1. The van der Waals surface area contributed by atoms with Crippen LogP contribution in [0.1, 0.15) is 25.2 Å². The van der Waals surface area contributed by atoms with E-state index >= 15 is 0 Å². The maximum absolute atomic E-state index is 12.9. The molecule has 1 saturated heterocycles. The molecule has 1 N–H and O–H groups in total. The number of halogens is 2. The van der Waals surface area contributed by atoms with Crippen molar-refractivity contribution in [2.24, 2.45) is 0 Å². The van der Waals surface area contributed by atoms with E-state index in [1.807, 2.05) is 4.90 Å². The molecular weight excluding hydrogens is 347 g/mol. The van der Waals surface area contributed by atoms with Gasteiger partial charge in [0.15, 0.2) is 0 Å². The summed E-state index contributed by atoms with van der Waals surface area (Å²) in [4.78, 5) is 18.4. The number of aromatic nitrogens is 2. The van der Waals surface area contributed by atoms with Crippen LogP contribution in [0.2, 0.25) is 0 Å². The van der Waals surface area contributed by atoms with E-state index in [1.54, 1.807) is 12.1 Å². The molecule has 0 unspecified atom stereocenters. The first-order valence-electron chi connectivity index (χ1n) is 8.29. The third kappa shape index (κ3) is 5.51. The molecule has 1 amide bonds. The average Bonchev–Trinajstić information content (AvgIpc) is 2.89. The fourth-order valence-corrected chi connectivity index (χ4v) is 2.72. The number of hydrogen-bond donors (Lipinski definition) is 1. The minimum absolute atomic E-state index is 0. The van der Waals surface area contributed by atoms with Crippen LogP contribution in [0.15, 0.2) is 28.8 Å². The number of carbonyl (C=O) groups excluding carboxylic acids is 1. The smallest absolute Gasteiger partial charge is 0.226 e. The highest BCUT2D eigenvalue weighted by molar-refractivity contribution is 5.85. The number of carbonyl (C=O) groups is 1. The second kappa shape index (κ2) is 9.48. The minimum Gasteiger partial charge on any atom is -0.341 e. The van der Waals surface area contributed by atoms with Gasteiger partial charge in [-0.05, 0) is 43.7 Å². The first kappa shape index (κ1) is 19.3. The van der Waals surface area contributed by atoms with Crippen molar-refractivity contribution in [2.75, 3.05) is 26.2 Å². The van der Waals surface area contributed by atoms with Gasteiger partial charge in [0.05, 0.1) is 0 Å². The Kier molecular flexibility index (Phi) is 7.33. The van der Waals surface area contributed by atoms with Crippen LogP contribution < -0.4 is 5.32 Å². The van der Waals surface area contributed by atoms with Crippen molar-refractivity contribution in [3.05, 3.63) is 36.0 Å². The van der Waals surface area contributed by atoms with Crippen LogP contribution in [0.4, 0.5) is 4.39 Å². The zero-order chi connectivity index (χ0) is 16.8. The number of nitrogens with zero attached hydrogens (tertiary/aromatic N) is 3. The van der Waals surface area contributed by atoms with Crippen molar-refractivity contribution in [3.63, 3.8) is 0 Å². The lowest BCUT2D eigenvalue weighted by molar-refractivity contribution is -0.131. The second-order valence-corrected chi connectivity index (χ2v) is 5.86. The quantitative estimate of drug-likeness (QED) is 0.877. The van der Waals surface area contributed by atoms with Gasteiger partial charge in [-0.15, -0.1) is 12.4 Å². The van der Waals surface area contributed by atoms with Crippen molar-refractivity contribution < 1.29 is 13.7 Å². The molecule has 2 heterocycles. The Labute approximate surface area is 152 Å². The largest absolute Gasteiger partial charge is 0.341 e. The van der Waals surface area contributed by atoms with Crippen LogP contribution in [-0.2, 0) is 11.2 Å². The highest BCUT2D eigenvalue weighted by atomic mass is 35.5. The van der Waals surface area contributed by atoms with Gasteiger partial charge in [-0.2, -0.15) is 4.98 Å². The first-order valence-corrected chi connectivity index (χ1v) is 8.29. The highest BCUT2D eigenvalue weighted by Gasteiger charge is 2.15. The van der Waals surface area contributed by atoms with Gasteiger partial charge in [-0.25, -0.2) is 4.39 Å². The topological polar surface area (TPSA) is 71.3 Å². The summed E-state index contributed by atoms with van der Waals surface area (Å²) in [7, 11) is 0. The number of rotatable bonds is 5.